The summed E-state index contributed by atoms with van der Waals surface area (Å²) in [6, 6.07) is 16.5. The normalized spacial score (nSPS) is 11.0. The lowest BCUT2D eigenvalue weighted by Gasteiger charge is -2.09. The molecular weight excluding hydrogens is 430 g/mol. The largest absolute Gasteiger partial charge is 0.469 e. The molecule has 2 aromatic carbocycles. The molecule has 32 heavy (non-hydrogen) atoms. The third-order valence-corrected chi connectivity index (χ3v) is 6.10. The van der Waals surface area contributed by atoms with E-state index in [9.17, 15) is 18.0 Å². The highest BCUT2D eigenvalue weighted by molar-refractivity contribution is 7.89. The third kappa shape index (κ3) is 6.47. The SMILES string of the molecule is COC(=O)CCc1ccc(S(=O)(=O)NCc2ccc(C(=O)Nc3cccnc3)cc2)cc1. The molecule has 0 spiro atoms. The molecule has 0 saturated carbocycles. The number of rotatable bonds is 9. The van der Waals surface area contributed by atoms with Crippen molar-refractivity contribution < 1.29 is 22.7 Å². The molecule has 0 bridgehead atoms. The number of nitrogens with one attached hydrogen (secondary N) is 2. The zero-order valence-corrected chi connectivity index (χ0v) is 18.3. The van der Waals surface area contributed by atoms with E-state index in [4.69, 9.17) is 0 Å². The number of sulfonamides is 1. The highest BCUT2D eigenvalue weighted by Gasteiger charge is 2.14. The van der Waals surface area contributed by atoms with Crippen molar-refractivity contribution in [1.29, 1.82) is 0 Å². The lowest BCUT2D eigenvalue weighted by molar-refractivity contribution is -0.140. The standard InChI is InChI=1S/C23H23N3O5S/c1-31-22(27)13-8-17-6-11-21(12-7-17)32(29,30)25-15-18-4-9-19(10-5-18)23(28)26-20-3-2-14-24-16-20/h2-7,9-12,14,16,25H,8,13,15H2,1H3,(H,26,28). The summed E-state index contributed by atoms with van der Waals surface area (Å²) in [5.41, 5.74) is 2.59. The molecule has 0 aliphatic heterocycles. The number of methoxy groups -OCH3 is 1. The number of pyridine rings is 1. The van der Waals surface area contributed by atoms with Gasteiger partial charge in [-0.1, -0.05) is 24.3 Å². The van der Waals surface area contributed by atoms with Crippen LogP contribution >= 0.6 is 0 Å². The van der Waals surface area contributed by atoms with E-state index in [-0.39, 0.29) is 29.7 Å². The van der Waals surface area contributed by atoms with Crippen LogP contribution in [0.25, 0.3) is 0 Å². The lowest BCUT2D eigenvalue weighted by Crippen LogP contribution is -2.23. The summed E-state index contributed by atoms with van der Waals surface area (Å²) >= 11 is 0. The molecule has 1 aromatic heterocycles. The van der Waals surface area contributed by atoms with Gasteiger partial charge in [0.1, 0.15) is 0 Å². The first-order valence-electron chi connectivity index (χ1n) is 9.83. The zero-order valence-electron chi connectivity index (χ0n) is 17.4. The summed E-state index contributed by atoms with van der Waals surface area (Å²) in [5.74, 6) is -0.596. The molecule has 8 nitrogen and oxygen atoms in total. The number of carbonyl (C=O) groups is 2. The lowest BCUT2D eigenvalue weighted by atomic mass is 10.1. The molecule has 2 N–H and O–H groups in total. The van der Waals surface area contributed by atoms with Gasteiger partial charge in [-0.2, -0.15) is 0 Å². The second kappa shape index (κ2) is 10.7. The van der Waals surface area contributed by atoms with Gasteiger partial charge in [0.05, 0.1) is 23.9 Å². The molecule has 0 saturated heterocycles. The van der Waals surface area contributed by atoms with E-state index in [1.165, 1.54) is 19.2 Å². The van der Waals surface area contributed by atoms with Gasteiger partial charge >= 0.3 is 5.97 Å². The molecule has 0 atom stereocenters. The number of ether oxygens (including phenoxy) is 1. The van der Waals surface area contributed by atoms with Gasteiger partial charge in [-0.3, -0.25) is 14.6 Å². The average molecular weight is 454 g/mol. The molecule has 0 aliphatic rings. The number of anilines is 1. The first kappa shape index (κ1) is 23.1. The fourth-order valence-corrected chi connectivity index (χ4v) is 3.88. The van der Waals surface area contributed by atoms with Crippen molar-refractivity contribution in [2.45, 2.75) is 24.3 Å². The Bertz CT molecular complexity index is 1160. The Morgan fingerprint density at radius 1 is 0.969 bits per heavy atom. The van der Waals surface area contributed by atoms with Crippen LogP contribution in [-0.2, 0) is 32.5 Å². The van der Waals surface area contributed by atoms with E-state index in [0.29, 0.717) is 23.2 Å². The Balaban J connectivity index is 1.56. The van der Waals surface area contributed by atoms with Crippen molar-refractivity contribution in [1.82, 2.24) is 9.71 Å². The van der Waals surface area contributed by atoms with Crippen LogP contribution in [0.4, 0.5) is 5.69 Å². The van der Waals surface area contributed by atoms with Crippen LogP contribution < -0.4 is 10.0 Å². The second-order valence-corrected chi connectivity index (χ2v) is 8.70. The Morgan fingerprint density at radius 3 is 2.28 bits per heavy atom. The van der Waals surface area contributed by atoms with E-state index in [2.05, 4.69) is 19.8 Å². The number of carbonyl (C=O) groups excluding carboxylic acids is 2. The van der Waals surface area contributed by atoms with Gasteiger partial charge in [-0.05, 0) is 53.9 Å². The summed E-state index contributed by atoms with van der Waals surface area (Å²) in [4.78, 5) is 27.6. The summed E-state index contributed by atoms with van der Waals surface area (Å²) in [6.45, 7) is 0.0803. The minimum absolute atomic E-state index is 0.0803. The Morgan fingerprint density at radius 2 is 1.66 bits per heavy atom. The fourth-order valence-electron chi connectivity index (χ4n) is 2.86. The van der Waals surface area contributed by atoms with Gasteiger partial charge in [0.25, 0.3) is 5.91 Å². The first-order valence-corrected chi connectivity index (χ1v) is 11.3. The third-order valence-electron chi connectivity index (χ3n) is 4.68. The highest BCUT2D eigenvalue weighted by atomic mass is 32.2. The van der Waals surface area contributed by atoms with E-state index in [0.717, 1.165) is 5.56 Å². The Hall–Kier alpha value is -3.56. The topological polar surface area (TPSA) is 114 Å². The summed E-state index contributed by atoms with van der Waals surface area (Å²) in [7, 11) is -2.38. The van der Waals surface area contributed by atoms with Crippen molar-refractivity contribution in [2.75, 3.05) is 12.4 Å². The molecule has 3 aromatic rings. The number of aryl methyl sites for hydroxylation is 1. The summed E-state index contributed by atoms with van der Waals surface area (Å²) in [5, 5.41) is 2.74. The van der Waals surface area contributed by atoms with Crippen LogP contribution in [0.1, 0.15) is 27.9 Å². The molecular formula is C23H23N3O5S. The minimum atomic E-state index is -3.71. The van der Waals surface area contributed by atoms with E-state index >= 15 is 0 Å². The van der Waals surface area contributed by atoms with Gasteiger partial charge in [0.15, 0.2) is 0 Å². The molecule has 0 unspecified atom stereocenters. The average Bonchev–Trinajstić information content (AvgIpc) is 2.82. The van der Waals surface area contributed by atoms with Crippen molar-refractivity contribution in [2.24, 2.45) is 0 Å². The predicted octanol–water partition coefficient (Wildman–Crippen LogP) is 2.92. The quantitative estimate of drug-likeness (QED) is 0.482. The van der Waals surface area contributed by atoms with Crippen LogP contribution in [-0.4, -0.2) is 32.4 Å². The maximum absolute atomic E-state index is 12.6. The van der Waals surface area contributed by atoms with Gasteiger partial charge in [-0.15, -0.1) is 0 Å². The van der Waals surface area contributed by atoms with Gasteiger partial charge < -0.3 is 10.1 Å². The van der Waals surface area contributed by atoms with Crippen molar-refractivity contribution in [3.05, 3.63) is 89.7 Å². The van der Waals surface area contributed by atoms with E-state index < -0.39 is 10.0 Å². The number of amides is 1. The minimum Gasteiger partial charge on any atom is -0.469 e. The summed E-state index contributed by atoms with van der Waals surface area (Å²) in [6.07, 6.45) is 3.87. The number of aromatic nitrogens is 1. The van der Waals surface area contributed by atoms with Crippen LogP contribution in [0.2, 0.25) is 0 Å². The number of hydrogen-bond acceptors (Lipinski definition) is 6. The molecule has 1 amide bonds. The van der Waals surface area contributed by atoms with Gasteiger partial charge in [0, 0.05) is 24.7 Å². The van der Waals surface area contributed by atoms with Gasteiger partial charge in [-0.25, -0.2) is 13.1 Å². The molecule has 0 fully saturated rings. The molecule has 3 rings (SSSR count). The molecule has 166 valence electrons. The maximum Gasteiger partial charge on any atom is 0.305 e. The van der Waals surface area contributed by atoms with Crippen molar-refractivity contribution in [3.63, 3.8) is 0 Å². The Kier molecular flexibility index (Phi) is 7.69. The highest BCUT2D eigenvalue weighted by Crippen LogP contribution is 2.14. The fraction of sp³-hybridized carbons (Fsp3) is 0.174. The Labute approximate surface area is 186 Å². The molecule has 0 radical (unpaired) electrons. The molecule has 0 aliphatic carbocycles. The summed E-state index contributed by atoms with van der Waals surface area (Å²) < 4.78 is 32.3. The van der Waals surface area contributed by atoms with Crippen LogP contribution in [0, 0.1) is 0 Å². The smallest absolute Gasteiger partial charge is 0.305 e. The number of nitrogens with zero attached hydrogens (tertiary/aromatic N) is 1. The van der Waals surface area contributed by atoms with Crippen molar-refractivity contribution in [3.8, 4) is 0 Å². The predicted molar refractivity (Wildman–Crippen MR) is 119 cm³/mol. The number of esters is 1. The van der Waals surface area contributed by atoms with Crippen molar-refractivity contribution >= 4 is 27.6 Å². The zero-order chi connectivity index (χ0) is 23.0. The van der Waals surface area contributed by atoms with Gasteiger partial charge in [0.2, 0.25) is 10.0 Å². The molecule has 9 heteroatoms. The van der Waals surface area contributed by atoms with Crippen LogP contribution in [0.3, 0.4) is 0 Å². The monoisotopic (exact) mass is 453 g/mol. The number of hydrogen-bond donors (Lipinski definition) is 2. The van der Waals surface area contributed by atoms with E-state index in [1.807, 2.05) is 0 Å². The number of benzene rings is 2. The first-order chi connectivity index (χ1) is 15.4. The van der Waals surface area contributed by atoms with E-state index in [1.54, 1.807) is 60.9 Å². The molecule has 1 heterocycles. The maximum atomic E-state index is 12.6. The van der Waals surface area contributed by atoms with Crippen LogP contribution in [0.5, 0.6) is 0 Å². The van der Waals surface area contributed by atoms with Crippen LogP contribution in [0.15, 0.2) is 78.0 Å². The second-order valence-electron chi connectivity index (χ2n) is 6.94.